The molecule has 4 nitrogen and oxygen atoms in total. The molecule has 2 heterocycles. The highest BCUT2D eigenvalue weighted by Gasteiger charge is 2.14. The zero-order chi connectivity index (χ0) is 10.5. The Morgan fingerprint density at radius 1 is 1.67 bits per heavy atom. The minimum absolute atomic E-state index is 0.484. The van der Waals surface area contributed by atoms with E-state index in [1.165, 1.54) is 24.6 Å². The molecule has 0 aromatic carbocycles. The Morgan fingerprint density at radius 2 is 2.60 bits per heavy atom. The van der Waals surface area contributed by atoms with E-state index in [2.05, 4.69) is 15.3 Å². The average Bonchev–Trinajstić information content (AvgIpc) is 2.79. The summed E-state index contributed by atoms with van der Waals surface area (Å²) in [5, 5.41) is 4.14. The van der Waals surface area contributed by atoms with Crippen LogP contribution in [0.25, 0.3) is 0 Å². The molecule has 0 spiro atoms. The first-order valence-electron chi connectivity index (χ1n) is 5.11. The number of hydrogen-bond acceptors (Lipinski definition) is 5. The van der Waals surface area contributed by atoms with E-state index < -0.39 is 0 Å². The molecule has 0 radical (unpaired) electrons. The quantitative estimate of drug-likeness (QED) is 0.619. The lowest BCUT2D eigenvalue weighted by atomic mass is 10.2. The van der Waals surface area contributed by atoms with Gasteiger partial charge in [0.25, 0.3) is 0 Å². The van der Waals surface area contributed by atoms with Crippen molar-refractivity contribution in [3.63, 3.8) is 0 Å². The predicted molar refractivity (Wildman–Crippen MR) is 60.3 cm³/mol. The first-order valence-corrected chi connectivity index (χ1v) is 6.34. The van der Waals surface area contributed by atoms with Crippen molar-refractivity contribution in [1.29, 1.82) is 0 Å². The Balaban J connectivity index is 1.86. The van der Waals surface area contributed by atoms with Crippen LogP contribution in [0.15, 0.2) is 17.4 Å². The van der Waals surface area contributed by atoms with Crippen molar-refractivity contribution in [3.05, 3.63) is 12.3 Å². The van der Waals surface area contributed by atoms with Crippen LogP contribution in [0.4, 0.5) is 0 Å². The Bertz CT molecular complexity index is 315. The largest absolute Gasteiger partial charge is 0.476 e. The van der Waals surface area contributed by atoms with Crippen LogP contribution in [0.2, 0.25) is 0 Å². The number of thioether (sulfide) groups is 1. The molecule has 1 aliphatic heterocycles. The molecule has 82 valence electrons. The summed E-state index contributed by atoms with van der Waals surface area (Å²) in [5.41, 5.74) is 0. The number of aromatic nitrogens is 2. The SMILES string of the molecule is CSc1nccc(OC[C@H]2CCCN2)n1. The first-order chi connectivity index (χ1) is 7.38. The van der Waals surface area contributed by atoms with Gasteiger partial charge in [-0.05, 0) is 25.6 Å². The van der Waals surface area contributed by atoms with Crippen LogP contribution in [-0.4, -0.2) is 35.4 Å². The summed E-state index contributed by atoms with van der Waals surface area (Å²) in [4.78, 5) is 8.35. The topological polar surface area (TPSA) is 47.0 Å². The van der Waals surface area contributed by atoms with E-state index in [1.54, 1.807) is 12.3 Å². The third kappa shape index (κ3) is 3.07. The van der Waals surface area contributed by atoms with Crippen LogP contribution in [0.5, 0.6) is 5.88 Å². The lowest BCUT2D eigenvalue weighted by Crippen LogP contribution is -2.28. The van der Waals surface area contributed by atoms with Gasteiger partial charge >= 0.3 is 0 Å². The molecule has 1 aromatic rings. The smallest absolute Gasteiger partial charge is 0.217 e. The second-order valence-electron chi connectivity index (χ2n) is 3.49. The molecule has 1 aliphatic rings. The van der Waals surface area contributed by atoms with Crippen molar-refractivity contribution in [2.75, 3.05) is 19.4 Å². The second kappa shape index (κ2) is 5.32. The molecule has 5 heteroatoms. The van der Waals surface area contributed by atoms with E-state index in [-0.39, 0.29) is 0 Å². The van der Waals surface area contributed by atoms with Crippen molar-refractivity contribution in [2.45, 2.75) is 24.0 Å². The number of rotatable bonds is 4. The van der Waals surface area contributed by atoms with Gasteiger partial charge in [0.2, 0.25) is 5.88 Å². The Kier molecular flexibility index (Phi) is 3.80. The molecule has 1 aromatic heterocycles. The van der Waals surface area contributed by atoms with Gasteiger partial charge in [0.05, 0.1) is 0 Å². The van der Waals surface area contributed by atoms with E-state index >= 15 is 0 Å². The normalized spacial score (nSPS) is 20.5. The summed E-state index contributed by atoms with van der Waals surface area (Å²) in [6.07, 6.45) is 6.13. The van der Waals surface area contributed by atoms with Crippen LogP contribution < -0.4 is 10.1 Å². The van der Waals surface area contributed by atoms with Gasteiger partial charge in [0.1, 0.15) is 6.61 Å². The van der Waals surface area contributed by atoms with Gasteiger partial charge in [-0.3, -0.25) is 0 Å². The van der Waals surface area contributed by atoms with E-state index in [0.29, 0.717) is 18.5 Å². The molecule has 1 fully saturated rings. The van der Waals surface area contributed by atoms with E-state index in [4.69, 9.17) is 4.74 Å². The predicted octanol–water partition coefficient (Wildman–Crippen LogP) is 1.33. The highest BCUT2D eigenvalue weighted by Crippen LogP contribution is 2.13. The Morgan fingerprint density at radius 3 is 3.33 bits per heavy atom. The molecule has 0 aliphatic carbocycles. The van der Waals surface area contributed by atoms with Crippen molar-refractivity contribution in [3.8, 4) is 5.88 Å². The third-order valence-electron chi connectivity index (χ3n) is 2.39. The van der Waals surface area contributed by atoms with Crippen molar-refractivity contribution in [1.82, 2.24) is 15.3 Å². The molecule has 2 rings (SSSR count). The molecule has 0 amide bonds. The molecule has 0 bridgehead atoms. The van der Waals surface area contributed by atoms with Gasteiger partial charge in [-0.1, -0.05) is 11.8 Å². The summed E-state index contributed by atoms with van der Waals surface area (Å²) in [6, 6.07) is 2.28. The highest BCUT2D eigenvalue weighted by molar-refractivity contribution is 7.98. The van der Waals surface area contributed by atoms with E-state index in [9.17, 15) is 0 Å². The minimum Gasteiger partial charge on any atom is -0.476 e. The molecule has 15 heavy (non-hydrogen) atoms. The Hall–Kier alpha value is -0.810. The van der Waals surface area contributed by atoms with Crippen molar-refractivity contribution >= 4 is 11.8 Å². The zero-order valence-corrected chi connectivity index (χ0v) is 9.59. The maximum absolute atomic E-state index is 5.61. The summed E-state index contributed by atoms with van der Waals surface area (Å²) in [5.74, 6) is 0.669. The monoisotopic (exact) mass is 225 g/mol. The van der Waals surface area contributed by atoms with Crippen LogP contribution in [-0.2, 0) is 0 Å². The summed E-state index contributed by atoms with van der Waals surface area (Å²) in [7, 11) is 0. The van der Waals surface area contributed by atoms with E-state index in [1.807, 2.05) is 6.26 Å². The maximum Gasteiger partial charge on any atom is 0.217 e. The average molecular weight is 225 g/mol. The van der Waals surface area contributed by atoms with Crippen LogP contribution >= 0.6 is 11.8 Å². The lowest BCUT2D eigenvalue weighted by Gasteiger charge is -2.11. The molecule has 1 N–H and O–H groups in total. The van der Waals surface area contributed by atoms with Gasteiger partial charge in [0, 0.05) is 18.3 Å². The zero-order valence-electron chi connectivity index (χ0n) is 8.77. The number of ether oxygens (including phenoxy) is 1. The fourth-order valence-electron chi connectivity index (χ4n) is 1.59. The Labute approximate surface area is 93.8 Å². The lowest BCUT2D eigenvalue weighted by molar-refractivity contribution is 0.265. The van der Waals surface area contributed by atoms with Gasteiger partial charge < -0.3 is 10.1 Å². The standard InChI is InChI=1S/C10H15N3OS/c1-15-10-12-6-4-9(13-10)14-7-8-3-2-5-11-8/h4,6,8,11H,2-3,5,7H2,1H3/t8-/m1/s1. The molecular formula is C10H15N3OS. The van der Waals surface area contributed by atoms with Crippen LogP contribution in [0.3, 0.4) is 0 Å². The maximum atomic E-state index is 5.61. The molecule has 1 atom stereocenters. The minimum atomic E-state index is 0.484. The van der Waals surface area contributed by atoms with Gasteiger partial charge in [-0.25, -0.2) is 4.98 Å². The second-order valence-corrected chi connectivity index (χ2v) is 4.26. The number of nitrogens with zero attached hydrogens (tertiary/aromatic N) is 2. The van der Waals surface area contributed by atoms with Crippen LogP contribution in [0.1, 0.15) is 12.8 Å². The van der Waals surface area contributed by atoms with Crippen LogP contribution in [0, 0.1) is 0 Å². The van der Waals surface area contributed by atoms with Gasteiger partial charge in [-0.2, -0.15) is 4.98 Å². The molecule has 0 saturated carbocycles. The molecule has 0 unspecified atom stereocenters. The highest BCUT2D eigenvalue weighted by atomic mass is 32.2. The van der Waals surface area contributed by atoms with Crippen molar-refractivity contribution in [2.24, 2.45) is 0 Å². The summed E-state index contributed by atoms with van der Waals surface area (Å²) in [6.45, 7) is 1.80. The molecular weight excluding hydrogens is 210 g/mol. The first kappa shape index (κ1) is 10.7. The fourth-order valence-corrected chi connectivity index (χ4v) is 1.94. The third-order valence-corrected chi connectivity index (χ3v) is 2.95. The van der Waals surface area contributed by atoms with Crippen molar-refractivity contribution < 1.29 is 4.74 Å². The number of nitrogens with one attached hydrogen (secondary N) is 1. The summed E-state index contributed by atoms with van der Waals surface area (Å²) < 4.78 is 5.61. The summed E-state index contributed by atoms with van der Waals surface area (Å²) >= 11 is 1.52. The molecule has 1 saturated heterocycles. The van der Waals surface area contributed by atoms with E-state index in [0.717, 1.165) is 11.7 Å². The fraction of sp³-hybridized carbons (Fsp3) is 0.600. The van der Waals surface area contributed by atoms with Gasteiger partial charge in [0.15, 0.2) is 5.16 Å². The van der Waals surface area contributed by atoms with Gasteiger partial charge in [-0.15, -0.1) is 0 Å². The number of hydrogen-bond donors (Lipinski definition) is 1.